The van der Waals surface area contributed by atoms with Crippen LogP contribution in [0.3, 0.4) is 0 Å². The summed E-state index contributed by atoms with van der Waals surface area (Å²) in [7, 11) is 0. The van der Waals surface area contributed by atoms with Gasteiger partial charge < -0.3 is 5.32 Å². The highest BCUT2D eigenvalue weighted by atomic mass is 35.5. The lowest BCUT2D eigenvalue weighted by molar-refractivity contribution is -0.137. The number of hydrogen-bond donors (Lipinski definition) is 1. The summed E-state index contributed by atoms with van der Waals surface area (Å²) in [4.78, 5) is 0. The van der Waals surface area contributed by atoms with Crippen LogP contribution in [0.25, 0.3) is 0 Å². The number of rotatable bonds is 2. The molecule has 2 aromatic carbocycles. The molecule has 0 heterocycles. The lowest BCUT2D eigenvalue weighted by Gasteiger charge is -2.12. The summed E-state index contributed by atoms with van der Waals surface area (Å²) in [6, 6.07) is 9.29. The van der Waals surface area contributed by atoms with Gasteiger partial charge in [0.2, 0.25) is 0 Å². The molecule has 0 atom stereocenters. The van der Waals surface area contributed by atoms with Crippen molar-refractivity contribution in [3.8, 4) is 6.07 Å². The Morgan fingerprint density at radius 3 is 2.29 bits per heavy atom. The van der Waals surface area contributed by atoms with Gasteiger partial charge in [-0.15, -0.1) is 0 Å². The summed E-state index contributed by atoms with van der Waals surface area (Å²) in [5.41, 5.74) is -0.223. The van der Waals surface area contributed by atoms with E-state index >= 15 is 0 Å². The molecule has 0 aromatic heterocycles. The molecule has 2 aromatic rings. The normalized spacial score (nSPS) is 11.0. The Morgan fingerprint density at radius 2 is 1.71 bits per heavy atom. The second-order valence-electron chi connectivity index (χ2n) is 4.12. The standard InChI is InChI=1S/C14H7Cl2F3N2/c15-11-3-2-10(6-12(11)16)21-13-4-1-9(14(17,18)19)5-8(13)7-20/h1-6,21H. The Morgan fingerprint density at radius 1 is 1.00 bits per heavy atom. The molecule has 0 aliphatic rings. The van der Waals surface area contributed by atoms with E-state index in [-0.39, 0.29) is 11.3 Å². The van der Waals surface area contributed by atoms with Crippen LogP contribution in [0, 0.1) is 11.3 Å². The van der Waals surface area contributed by atoms with E-state index in [1.807, 2.05) is 0 Å². The first kappa shape index (κ1) is 15.5. The van der Waals surface area contributed by atoms with Crippen molar-refractivity contribution in [2.24, 2.45) is 0 Å². The van der Waals surface area contributed by atoms with Crippen molar-refractivity contribution < 1.29 is 13.2 Å². The van der Waals surface area contributed by atoms with Crippen molar-refractivity contribution in [3.05, 3.63) is 57.6 Å². The molecule has 0 radical (unpaired) electrons. The predicted molar refractivity (Wildman–Crippen MR) is 75.9 cm³/mol. The van der Waals surface area contributed by atoms with Crippen LogP contribution in [0.5, 0.6) is 0 Å². The van der Waals surface area contributed by atoms with Gasteiger partial charge in [-0.05, 0) is 36.4 Å². The number of nitrogens with zero attached hydrogens (tertiary/aromatic N) is 1. The minimum absolute atomic E-state index is 0.115. The highest BCUT2D eigenvalue weighted by Gasteiger charge is 2.31. The molecule has 2 rings (SSSR count). The minimum Gasteiger partial charge on any atom is -0.354 e. The first-order valence-electron chi connectivity index (χ1n) is 5.64. The van der Waals surface area contributed by atoms with Crippen molar-refractivity contribution >= 4 is 34.6 Å². The van der Waals surface area contributed by atoms with E-state index in [0.29, 0.717) is 15.7 Å². The lowest BCUT2D eigenvalue weighted by atomic mass is 10.1. The average Bonchev–Trinajstić information content (AvgIpc) is 2.42. The quantitative estimate of drug-likeness (QED) is 0.774. The Labute approximate surface area is 128 Å². The SMILES string of the molecule is N#Cc1cc(C(F)(F)F)ccc1Nc1ccc(Cl)c(Cl)c1. The third kappa shape index (κ3) is 3.60. The third-order valence-electron chi connectivity index (χ3n) is 2.67. The zero-order valence-electron chi connectivity index (χ0n) is 10.3. The molecule has 0 spiro atoms. The number of benzene rings is 2. The molecule has 1 N–H and O–H groups in total. The second-order valence-corrected chi connectivity index (χ2v) is 4.94. The van der Waals surface area contributed by atoms with Crippen LogP contribution in [0.2, 0.25) is 10.0 Å². The summed E-state index contributed by atoms with van der Waals surface area (Å²) in [6.45, 7) is 0. The zero-order valence-corrected chi connectivity index (χ0v) is 11.8. The van der Waals surface area contributed by atoms with Crippen LogP contribution in [-0.4, -0.2) is 0 Å². The molecule has 0 bridgehead atoms. The Hall–Kier alpha value is -1.90. The van der Waals surface area contributed by atoms with Crippen molar-refractivity contribution in [2.45, 2.75) is 6.18 Å². The number of alkyl halides is 3. The maximum atomic E-state index is 12.6. The largest absolute Gasteiger partial charge is 0.416 e. The molecular formula is C14H7Cl2F3N2. The van der Waals surface area contributed by atoms with Crippen LogP contribution < -0.4 is 5.32 Å². The molecule has 7 heteroatoms. The van der Waals surface area contributed by atoms with E-state index in [0.717, 1.165) is 12.1 Å². The highest BCUT2D eigenvalue weighted by molar-refractivity contribution is 6.42. The van der Waals surface area contributed by atoms with Crippen LogP contribution in [0.15, 0.2) is 36.4 Å². The molecule has 0 aliphatic heterocycles. The summed E-state index contributed by atoms with van der Waals surface area (Å²) >= 11 is 11.6. The van der Waals surface area contributed by atoms with Gasteiger partial charge in [0.1, 0.15) is 6.07 Å². The first-order valence-corrected chi connectivity index (χ1v) is 6.40. The van der Waals surface area contributed by atoms with Gasteiger partial charge in [-0.1, -0.05) is 23.2 Å². The van der Waals surface area contributed by atoms with E-state index < -0.39 is 11.7 Å². The topological polar surface area (TPSA) is 35.8 Å². The molecule has 0 unspecified atom stereocenters. The molecule has 0 fully saturated rings. The smallest absolute Gasteiger partial charge is 0.354 e. The number of halogens is 5. The lowest BCUT2D eigenvalue weighted by Crippen LogP contribution is -2.06. The van der Waals surface area contributed by atoms with Gasteiger partial charge in [0, 0.05) is 5.69 Å². The molecule has 108 valence electrons. The fourth-order valence-electron chi connectivity index (χ4n) is 1.65. The van der Waals surface area contributed by atoms with Gasteiger partial charge in [0.15, 0.2) is 0 Å². The number of hydrogen-bond acceptors (Lipinski definition) is 2. The zero-order chi connectivity index (χ0) is 15.6. The van der Waals surface area contributed by atoms with Crippen molar-refractivity contribution in [3.63, 3.8) is 0 Å². The summed E-state index contributed by atoms with van der Waals surface area (Å²) in [6.07, 6.45) is -4.49. The van der Waals surface area contributed by atoms with Crippen LogP contribution in [0.4, 0.5) is 24.5 Å². The maximum Gasteiger partial charge on any atom is 0.416 e. The maximum absolute atomic E-state index is 12.6. The molecule has 0 amide bonds. The molecule has 2 nitrogen and oxygen atoms in total. The van der Waals surface area contributed by atoms with Crippen LogP contribution in [0.1, 0.15) is 11.1 Å². The molecule has 0 aliphatic carbocycles. The van der Waals surface area contributed by atoms with Crippen LogP contribution >= 0.6 is 23.2 Å². The third-order valence-corrected chi connectivity index (χ3v) is 3.40. The van der Waals surface area contributed by atoms with Gasteiger partial charge in [0.05, 0.1) is 26.9 Å². The van der Waals surface area contributed by atoms with E-state index in [2.05, 4.69) is 5.32 Å². The molecule has 0 saturated heterocycles. The Bertz CT molecular complexity index is 721. The van der Waals surface area contributed by atoms with E-state index in [1.54, 1.807) is 18.2 Å². The van der Waals surface area contributed by atoms with E-state index in [4.69, 9.17) is 28.5 Å². The van der Waals surface area contributed by atoms with Crippen molar-refractivity contribution in [1.29, 1.82) is 5.26 Å². The Balaban J connectivity index is 2.36. The summed E-state index contributed by atoms with van der Waals surface area (Å²) in [5.74, 6) is 0. The monoisotopic (exact) mass is 330 g/mol. The predicted octanol–water partition coefficient (Wildman–Crippen LogP) is 5.63. The first-order chi connectivity index (χ1) is 9.81. The summed E-state index contributed by atoms with van der Waals surface area (Å²) < 4.78 is 37.8. The highest BCUT2D eigenvalue weighted by Crippen LogP contribution is 2.33. The van der Waals surface area contributed by atoms with Crippen LogP contribution in [-0.2, 0) is 6.18 Å². The average molecular weight is 331 g/mol. The fourth-order valence-corrected chi connectivity index (χ4v) is 1.95. The minimum atomic E-state index is -4.49. The number of anilines is 2. The van der Waals surface area contributed by atoms with Gasteiger partial charge >= 0.3 is 6.18 Å². The second kappa shape index (κ2) is 5.84. The number of nitriles is 1. The van der Waals surface area contributed by atoms with Gasteiger partial charge in [0.25, 0.3) is 0 Å². The fraction of sp³-hybridized carbons (Fsp3) is 0.0714. The van der Waals surface area contributed by atoms with Crippen molar-refractivity contribution in [2.75, 3.05) is 5.32 Å². The van der Waals surface area contributed by atoms with Gasteiger partial charge in [-0.3, -0.25) is 0 Å². The van der Waals surface area contributed by atoms with Crippen molar-refractivity contribution in [1.82, 2.24) is 0 Å². The molecular weight excluding hydrogens is 324 g/mol. The molecule has 21 heavy (non-hydrogen) atoms. The van der Waals surface area contributed by atoms with E-state index in [1.165, 1.54) is 12.1 Å². The molecule has 0 saturated carbocycles. The van der Waals surface area contributed by atoms with E-state index in [9.17, 15) is 13.2 Å². The van der Waals surface area contributed by atoms with Gasteiger partial charge in [-0.25, -0.2) is 0 Å². The Kier molecular flexibility index (Phi) is 4.31. The summed E-state index contributed by atoms with van der Waals surface area (Å²) in [5, 5.41) is 12.5. The van der Waals surface area contributed by atoms with Gasteiger partial charge in [-0.2, -0.15) is 18.4 Å². The number of nitrogens with one attached hydrogen (secondary N) is 1.